The molecule has 3 N–H and O–H groups in total. The largest absolute Gasteiger partial charge is 0.381 e. The Hall–Kier alpha value is -2.16. The van der Waals surface area contributed by atoms with Crippen LogP contribution in [0.2, 0.25) is 0 Å². The van der Waals surface area contributed by atoms with Gasteiger partial charge in [-0.05, 0) is 32.3 Å². The van der Waals surface area contributed by atoms with Crippen molar-refractivity contribution in [3.05, 3.63) is 47.0 Å². The highest BCUT2D eigenvalue weighted by Crippen LogP contribution is 2.25. The van der Waals surface area contributed by atoms with E-state index >= 15 is 0 Å². The van der Waals surface area contributed by atoms with Crippen LogP contribution in [0.15, 0.2) is 40.7 Å². The van der Waals surface area contributed by atoms with Gasteiger partial charge >= 0.3 is 0 Å². The Bertz CT molecular complexity index is 816. The molecule has 1 aliphatic rings. The number of guanidine groups is 1. The summed E-state index contributed by atoms with van der Waals surface area (Å²) < 4.78 is 5.67. The Morgan fingerprint density at radius 1 is 1.23 bits per heavy atom. The number of nitrogens with zero attached hydrogens (tertiary/aromatic N) is 3. The van der Waals surface area contributed by atoms with E-state index in [1.807, 2.05) is 19.0 Å². The maximum atomic E-state index is 5.67. The SMILES string of the molecule is CCNC(=NCc1csc(N(C)C)n1)NCC1(NC(C)c2ccccc2)CCOCC1. The Morgan fingerprint density at radius 2 is 1.97 bits per heavy atom. The summed E-state index contributed by atoms with van der Waals surface area (Å²) in [5, 5.41) is 13.9. The van der Waals surface area contributed by atoms with Gasteiger partial charge in [0.15, 0.2) is 11.1 Å². The molecular weight excluding hydrogens is 408 g/mol. The maximum Gasteiger partial charge on any atom is 0.191 e. The van der Waals surface area contributed by atoms with Crippen molar-refractivity contribution in [3.8, 4) is 0 Å². The highest BCUT2D eigenvalue weighted by atomic mass is 32.1. The van der Waals surface area contributed by atoms with Gasteiger partial charge in [0.1, 0.15) is 0 Å². The fourth-order valence-electron chi connectivity index (χ4n) is 3.75. The van der Waals surface area contributed by atoms with Gasteiger partial charge in [0.25, 0.3) is 0 Å². The van der Waals surface area contributed by atoms with Gasteiger partial charge in [0.05, 0.1) is 12.2 Å². The number of aromatic nitrogens is 1. The summed E-state index contributed by atoms with van der Waals surface area (Å²) in [6.45, 7) is 8.03. The third-order valence-corrected chi connectivity index (χ3v) is 6.59. The Morgan fingerprint density at radius 3 is 2.61 bits per heavy atom. The molecule has 170 valence electrons. The predicted molar refractivity (Wildman–Crippen MR) is 130 cm³/mol. The summed E-state index contributed by atoms with van der Waals surface area (Å²) in [6.07, 6.45) is 1.93. The lowest BCUT2D eigenvalue weighted by atomic mass is 9.88. The molecule has 8 heteroatoms. The molecule has 1 saturated heterocycles. The molecule has 1 fully saturated rings. The van der Waals surface area contributed by atoms with E-state index in [0.29, 0.717) is 6.54 Å². The first kappa shape index (κ1) is 23.5. The molecule has 7 nitrogen and oxygen atoms in total. The summed E-state index contributed by atoms with van der Waals surface area (Å²) in [4.78, 5) is 11.4. The Balaban J connectivity index is 1.65. The van der Waals surface area contributed by atoms with Gasteiger partial charge in [-0.3, -0.25) is 0 Å². The number of hydrogen-bond donors (Lipinski definition) is 3. The summed E-state index contributed by atoms with van der Waals surface area (Å²) in [5.41, 5.74) is 2.25. The van der Waals surface area contributed by atoms with Gasteiger partial charge in [0.2, 0.25) is 0 Å². The number of thiazole rings is 1. The zero-order valence-corrected chi connectivity index (χ0v) is 20.0. The highest BCUT2D eigenvalue weighted by Gasteiger charge is 2.34. The number of hydrogen-bond acceptors (Lipinski definition) is 6. The minimum Gasteiger partial charge on any atom is -0.381 e. The van der Waals surface area contributed by atoms with Crippen molar-refractivity contribution >= 4 is 22.4 Å². The maximum absolute atomic E-state index is 5.67. The van der Waals surface area contributed by atoms with E-state index in [1.165, 1.54) is 5.56 Å². The van der Waals surface area contributed by atoms with E-state index in [2.05, 4.69) is 70.5 Å². The summed E-state index contributed by atoms with van der Waals surface area (Å²) in [6, 6.07) is 10.9. The van der Waals surface area contributed by atoms with Crippen molar-refractivity contribution in [2.45, 2.75) is 44.8 Å². The van der Waals surface area contributed by atoms with E-state index in [-0.39, 0.29) is 11.6 Å². The Labute approximate surface area is 190 Å². The first-order chi connectivity index (χ1) is 15.0. The average molecular weight is 445 g/mol. The molecule has 0 spiro atoms. The van der Waals surface area contributed by atoms with Crippen LogP contribution in [-0.2, 0) is 11.3 Å². The fourth-order valence-corrected chi connectivity index (χ4v) is 4.50. The molecule has 0 radical (unpaired) electrons. The topological polar surface area (TPSA) is 73.8 Å². The van der Waals surface area contributed by atoms with Crippen molar-refractivity contribution in [2.24, 2.45) is 4.99 Å². The van der Waals surface area contributed by atoms with Gasteiger partial charge in [-0.25, -0.2) is 9.98 Å². The van der Waals surface area contributed by atoms with Gasteiger partial charge in [-0.1, -0.05) is 30.3 Å². The minimum atomic E-state index is -0.0393. The Kier molecular flexibility index (Phi) is 8.69. The van der Waals surface area contributed by atoms with E-state index in [1.54, 1.807) is 11.3 Å². The number of rotatable bonds is 9. The zero-order valence-electron chi connectivity index (χ0n) is 19.1. The molecule has 1 aromatic heterocycles. The van der Waals surface area contributed by atoms with Crippen molar-refractivity contribution in [3.63, 3.8) is 0 Å². The van der Waals surface area contributed by atoms with E-state index < -0.39 is 0 Å². The average Bonchev–Trinajstić information content (AvgIpc) is 3.26. The summed E-state index contributed by atoms with van der Waals surface area (Å²) in [7, 11) is 4.02. The second-order valence-electron chi connectivity index (χ2n) is 8.23. The molecule has 1 atom stereocenters. The number of benzene rings is 1. The molecule has 1 aliphatic heterocycles. The van der Waals surface area contributed by atoms with Crippen LogP contribution in [0.1, 0.15) is 44.0 Å². The predicted octanol–water partition coefficient (Wildman–Crippen LogP) is 3.16. The van der Waals surface area contributed by atoms with Crippen LogP contribution in [0.3, 0.4) is 0 Å². The summed E-state index contributed by atoms with van der Waals surface area (Å²) >= 11 is 1.64. The zero-order chi connectivity index (χ0) is 22.1. The third-order valence-electron chi connectivity index (χ3n) is 5.53. The molecule has 0 saturated carbocycles. The third kappa shape index (κ3) is 6.92. The molecule has 0 bridgehead atoms. The lowest BCUT2D eigenvalue weighted by molar-refractivity contribution is 0.0355. The van der Waals surface area contributed by atoms with Gasteiger partial charge in [-0.2, -0.15) is 0 Å². The molecule has 31 heavy (non-hydrogen) atoms. The molecule has 1 unspecified atom stereocenters. The normalized spacial score (nSPS) is 17.2. The summed E-state index contributed by atoms with van der Waals surface area (Å²) in [5.74, 6) is 0.821. The number of anilines is 1. The quantitative estimate of drug-likeness (QED) is 0.408. The van der Waals surface area contributed by atoms with Crippen LogP contribution in [0.4, 0.5) is 5.13 Å². The molecular formula is C23H36N6OS. The van der Waals surface area contributed by atoms with Gasteiger partial charge in [0, 0.05) is 57.4 Å². The molecule has 0 amide bonds. The lowest BCUT2D eigenvalue weighted by Crippen LogP contribution is -2.58. The fraction of sp³-hybridized carbons (Fsp3) is 0.565. The van der Waals surface area contributed by atoms with Crippen LogP contribution < -0.4 is 20.9 Å². The molecule has 2 heterocycles. The van der Waals surface area contributed by atoms with Crippen molar-refractivity contribution in [1.29, 1.82) is 0 Å². The van der Waals surface area contributed by atoms with Crippen LogP contribution in [0.25, 0.3) is 0 Å². The second kappa shape index (κ2) is 11.5. The lowest BCUT2D eigenvalue weighted by Gasteiger charge is -2.41. The number of ether oxygens (including phenoxy) is 1. The van der Waals surface area contributed by atoms with Crippen LogP contribution in [0.5, 0.6) is 0 Å². The monoisotopic (exact) mass is 444 g/mol. The van der Waals surface area contributed by atoms with Crippen molar-refractivity contribution < 1.29 is 4.74 Å². The second-order valence-corrected chi connectivity index (χ2v) is 9.07. The highest BCUT2D eigenvalue weighted by molar-refractivity contribution is 7.13. The standard InChI is InChI=1S/C23H36N6OS/c1-5-24-21(25-15-20-16-31-22(27-20)29(3)4)26-17-23(11-13-30-14-12-23)28-18(2)19-9-7-6-8-10-19/h6-10,16,18,28H,5,11-15,17H2,1-4H3,(H2,24,25,26). The van der Waals surface area contributed by atoms with Crippen molar-refractivity contribution in [2.75, 3.05) is 45.3 Å². The van der Waals surface area contributed by atoms with Gasteiger partial charge < -0.3 is 25.6 Å². The van der Waals surface area contributed by atoms with E-state index in [9.17, 15) is 0 Å². The molecule has 0 aliphatic carbocycles. The van der Waals surface area contributed by atoms with Crippen LogP contribution in [0, 0.1) is 0 Å². The number of nitrogens with one attached hydrogen (secondary N) is 3. The van der Waals surface area contributed by atoms with Crippen LogP contribution >= 0.6 is 11.3 Å². The first-order valence-electron chi connectivity index (χ1n) is 11.1. The smallest absolute Gasteiger partial charge is 0.191 e. The van der Waals surface area contributed by atoms with E-state index in [4.69, 9.17) is 9.73 Å². The number of aliphatic imine (C=N–C) groups is 1. The van der Waals surface area contributed by atoms with E-state index in [0.717, 1.165) is 55.9 Å². The first-order valence-corrected chi connectivity index (χ1v) is 11.9. The van der Waals surface area contributed by atoms with Crippen molar-refractivity contribution in [1.82, 2.24) is 20.9 Å². The molecule has 2 aromatic rings. The van der Waals surface area contributed by atoms with Gasteiger partial charge in [-0.15, -0.1) is 11.3 Å². The van der Waals surface area contributed by atoms with Crippen LogP contribution in [-0.4, -0.2) is 56.9 Å². The molecule has 1 aromatic carbocycles. The molecule has 3 rings (SSSR count). The minimum absolute atomic E-state index is 0.0393.